The Hall–Kier alpha value is -4.20. The molecule has 2 heterocycles. The molecule has 0 saturated carbocycles. The molecule has 0 fully saturated rings. The van der Waals surface area contributed by atoms with E-state index in [9.17, 15) is 19.8 Å². The van der Waals surface area contributed by atoms with Crippen molar-refractivity contribution in [1.29, 1.82) is 0 Å². The van der Waals surface area contributed by atoms with Crippen LogP contribution >= 0.6 is 0 Å². The van der Waals surface area contributed by atoms with Gasteiger partial charge in [-0.1, -0.05) is 36.4 Å². The fourth-order valence-corrected chi connectivity index (χ4v) is 3.55. The van der Waals surface area contributed by atoms with Crippen molar-refractivity contribution in [2.75, 3.05) is 17.2 Å². The summed E-state index contributed by atoms with van der Waals surface area (Å²) in [6.45, 7) is 2.66. The highest BCUT2D eigenvalue weighted by molar-refractivity contribution is 5.96. The van der Waals surface area contributed by atoms with Gasteiger partial charge in [0.15, 0.2) is 0 Å². The monoisotopic (exact) mass is 430 g/mol. The van der Waals surface area contributed by atoms with Crippen LogP contribution in [-0.4, -0.2) is 44.7 Å². The van der Waals surface area contributed by atoms with Crippen LogP contribution in [0.3, 0.4) is 0 Å². The lowest BCUT2D eigenvalue weighted by molar-refractivity contribution is 0.0680. The van der Waals surface area contributed by atoms with Gasteiger partial charge in [0.25, 0.3) is 0 Å². The van der Waals surface area contributed by atoms with Gasteiger partial charge in [-0.05, 0) is 37.6 Å². The van der Waals surface area contributed by atoms with E-state index in [2.05, 4.69) is 20.6 Å². The summed E-state index contributed by atoms with van der Waals surface area (Å²) in [5.74, 6) is -2.12. The lowest BCUT2D eigenvalue weighted by atomic mass is 10.1. The van der Waals surface area contributed by atoms with Gasteiger partial charge in [-0.15, -0.1) is 0 Å². The van der Waals surface area contributed by atoms with E-state index in [1.165, 1.54) is 12.1 Å². The number of carboxylic acids is 2. The van der Waals surface area contributed by atoms with Crippen LogP contribution in [-0.2, 0) is 0 Å². The summed E-state index contributed by atoms with van der Waals surface area (Å²) in [6.07, 6.45) is 0.754. The maximum Gasteiger partial charge on any atom is 0.354 e. The van der Waals surface area contributed by atoms with Crippen LogP contribution < -0.4 is 10.6 Å². The van der Waals surface area contributed by atoms with Crippen LogP contribution in [0.1, 0.15) is 34.3 Å². The van der Waals surface area contributed by atoms with E-state index in [1.54, 1.807) is 12.1 Å². The predicted molar refractivity (Wildman–Crippen MR) is 124 cm³/mol. The van der Waals surface area contributed by atoms with Crippen LogP contribution in [0.25, 0.3) is 21.8 Å². The number of fused-ring (bicyclic) bond motifs is 2. The number of hydrogen-bond donors (Lipinski definition) is 4. The molecular formula is C24H22N4O4. The molecule has 32 heavy (non-hydrogen) atoms. The van der Waals surface area contributed by atoms with Gasteiger partial charge >= 0.3 is 11.9 Å². The second-order valence-corrected chi connectivity index (χ2v) is 7.52. The van der Waals surface area contributed by atoms with Crippen molar-refractivity contribution in [2.24, 2.45) is 0 Å². The highest BCUT2D eigenvalue weighted by Gasteiger charge is 2.11. The summed E-state index contributed by atoms with van der Waals surface area (Å²) in [5, 5.41) is 26.9. The molecule has 0 aliphatic rings. The number of pyridine rings is 2. The van der Waals surface area contributed by atoms with Gasteiger partial charge in [-0.3, -0.25) is 0 Å². The quantitative estimate of drug-likeness (QED) is 0.322. The van der Waals surface area contributed by atoms with E-state index >= 15 is 0 Å². The molecule has 0 radical (unpaired) electrons. The van der Waals surface area contributed by atoms with Crippen molar-refractivity contribution in [1.82, 2.24) is 9.97 Å². The number of para-hydroxylation sites is 2. The number of aromatic carboxylic acids is 2. The van der Waals surface area contributed by atoms with Crippen molar-refractivity contribution < 1.29 is 19.8 Å². The number of nitrogens with one attached hydrogen (secondary N) is 2. The Morgan fingerprint density at radius 1 is 0.812 bits per heavy atom. The summed E-state index contributed by atoms with van der Waals surface area (Å²) in [7, 11) is 0. The molecule has 2 aromatic carbocycles. The van der Waals surface area contributed by atoms with Gasteiger partial charge in [-0.25, -0.2) is 19.6 Å². The number of carboxylic acid groups (broad SMARTS) is 2. The minimum absolute atomic E-state index is 0.00487. The molecule has 2 aromatic heterocycles. The number of aromatic nitrogens is 2. The van der Waals surface area contributed by atoms with Gasteiger partial charge in [-0.2, -0.15) is 0 Å². The minimum Gasteiger partial charge on any atom is -0.477 e. The summed E-state index contributed by atoms with van der Waals surface area (Å²) in [5.41, 5.74) is 2.79. The molecule has 0 saturated heterocycles. The van der Waals surface area contributed by atoms with E-state index < -0.39 is 11.9 Å². The second-order valence-electron chi connectivity index (χ2n) is 7.52. The lowest BCUT2D eigenvalue weighted by Gasteiger charge is -2.18. The standard InChI is InChI=1S/C24H22N4O4/c1-14(26-18-7-3-5-16-9-11-20(24(31)32)28-22(16)18)12-13-25-17-6-2-4-15-8-10-19(23(29)30)27-21(15)17/h2-11,14,25-26H,12-13H2,1H3,(H,29,30)(H,31,32). The smallest absolute Gasteiger partial charge is 0.354 e. The van der Waals surface area contributed by atoms with E-state index in [0.717, 1.165) is 28.6 Å². The molecule has 8 heteroatoms. The zero-order valence-corrected chi connectivity index (χ0v) is 17.4. The van der Waals surface area contributed by atoms with E-state index in [0.29, 0.717) is 17.6 Å². The number of benzene rings is 2. The Morgan fingerprint density at radius 2 is 1.34 bits per heavy atom. The summed E-state index contributed by atoms with van der Waals surface area (Å²) >= 11 is 0. The second kappa shape index (κ2) is 8.89. The molecule has 1 atom stereocenters. The van der Waals surface area contributed by atoms with Crippen LogP contribution in [0.2, 0.25) is 0 Å². The van der Waals surface area contributed by atoms with Gasteiger partial charge in [0.2, 0.25) is 0 Å². The number of anilines is 2. The van der Waals surface area contributed by atoms with Gasteiger partial charge < -0.3 is 20.8 Å². The molecule has 0 aliphatic heterocycles. The molecular weight excluding hydrogens is 408 g/mol. The average molecular weight is 430 g/mol. The Morgan fingerprint density at radius 3 is 1.91 bits per heavy atom. The summed E-state index contributed by atoms with van der Waals surface area (Å²) in [6, 6.07) is 17.9. The summed E-state index contributed by atoms with van der Waals surface area (Å²) in [4.78, 5) is 31.1. The number of carbonyl (C=O) groups is 2. The van der Waals surface area contributed by atoms with Crippen LogP contribution in [0, 0.1) is 0 Å². The third-order valence-corrected chi connectivity index (χ3v) is 5.17. The SMILES string of the molecule is CC(CCNc1cccc2ccc(C(=O)O)nc12)Nc1cccc2ccc(C(=O)O)nc12. The van der Waals surface area contributed by atoms with Gasteiger partial charge in [0.1, 0.15) is 11.4 Å². The predicted octanol–water partition coefficient (Wildman–Crippen LogP) is 4.48. The topological polar surface area (TPSA) is 124 Å². The Bertz CT molecular complexity index is 1320. The fourth-order valence-electron chi connectivity index (χ4n) is 3.55. The molecule has 0 amide bonds. The number of hydrogen-bond acceptors (Lipinski definition) is 6. The zero-order valence-electron chi connectivity index (χ0n) is 17.4. The van der Waals surface area contributed by atoms with Crippen molar-refractivity contribution in [3.05, 3.63) is 72.1 Å². The molecule has 0 bridgehead atoms. The number of nitrogens with zero attached hydrogens (tertiary/aromatic N) is 2. The van der Waals surface area contributed by atoms with Gasteiger partial charge in [0, 0.05) is 23.4 Å². The maximum atomic E-state index is 11.3. The average Bonchev–Trinajstić information content (AvgIpc) is 2.78. The lowest BCUT2D eigenvalue weighted by Crippen LogP contribution is -2.19. The minimum atomic E-state index is -1.06. The first-order chi connectivity index (χ1) is 15.4. The van der Waals surface area contributed by atoms with Crippen molar-refractivity contribution in [2.45, 2.75) is 19.4 Å². The molecule has 162 valence electrons. The summed E-state index contributed by atoms with van der Waals surface area (Å²) < 4.78 is 0. The van der Waals surface area contributed by atoms with Crippen LogP contribution in [0.4, 0.5) is 11.4 Å². The van der Waals surface area contributed by atoms with Crippen molar-refractivity contribution in [3.8, 4) is 0 Å². The highest BCUT2D eigenvalue weighted by Crippen LogP contribution is 2.24. The Kier molecular flexibility index (Phi) is 5.85. The first kappa shape index (κ1) is 21.0. The fraction of sp³-hybridized carbons (Fsp3) is 0.167. The van der Waals surface area contributed by atoms with E-state index in [-0.39, 0.29) is 17.4 Å². The molecule has 1 unspecified atom stereocenters. The first-order valence-electron chi connectivity index (χ1n) is 10.2. The zero-order chi connectivity index (χ0) is 22.7. The Balaban J connectivity index is 1.46. The third-order valence-electron chi connectivity index (χ3n) is 5.17. The largest absolute Gasteiger partial charge is 0.477 e. The number of rotatable bonds is 8. The molecule has 8 nitrogen and oxygen atoms in total. The molecule has 0 spiro atoms. The van der Waals surface area contributed by atoms with Crippen molar-refractivity contribution >= 4 is 45.1 Å². The Labute approximate surface area is 183 Å². The first-order valence-corrected chi connectivity index (χ1v) is 10.2. The van der Waals surface area contributed by atoms with Crippen molar-refractivity contribution in [3.63, 3.8) is 0 Å². The maximum absolute atomic E-state index is 11.3. The third kappa shape index (κ3) is 4.44. The van der Waals surface area contributed by atoms with E-state index in [1.807, 2.05) is 43.3 Å². The molecule has 4 rings (SSSR count). The van der Waals surface area contributed by atoms with Gasteiger partial charge in [0.05, 0.1) is 22.4 Å². The molecule has 0 aliphatic carbocycles. The molecule has 4 N–H and O–H groups in total. The van der Waals surface area contributed by atoms with E-state index in [4.69, 9.17) is 0 Å². The molecule has 4 aromatic rings. The normalized spacial score (nSPS) is 11.9. The highest BCUT2D eigenvalue weighted by atomic mass is 16.4. The van der Waals surface area contributed by atoms with Crippen LogP contribution in [0.15, 0.2) is 60.7 Å². The van der Waals surface area contributed by atoms with Crippen LogP contribution in [0.5, 0.6) is 0 Å².